The van der Waals surface area contributed by atoms with Crippen molar-refractivity contribution in [3.8, 4) is 5.69 Å². The Morgan fingerprint density at radius 2 is 1.70 bits per heavy atom. The van der Waals surface area contributed by atoms with Gasteiger partial charge in [0, 0.05) is 25.7 Å². The summed E-state index contributed by atoms with van der Waals surface area (Å²) in [7, 11) is -3.54. The first-order chi connectivity index (χ1) is 15.8. The van der Waals surface area contributed by atoms with Crippen molar-refractivity contribution in [2.24, 2.45) is 0 Å². The van der Waals surface area contributed by atoms with Crippen molar-refractivity contribution >= 4 is 21.7 Å². The van der Waals surface area contributed by atoms with Crippen molar-refractivity contribution in [2.75, 3.05) is 38.0 Å². The molecule has 1 aliphatic rings. The third-order valence-corrected chi connectivity index (χ3v) is 7.59. The maximum absolute atomic E-state index is 13.0. The Bertz CT molecular complexity index is 1210. The molecule has 1 fully saturated rings. The summed E-state index contributed by atoms with van der Waals surface area (Å²) in [5.41, 5.74) is 2.69. The van der Waals surface area contributed by atoms with Crippen LogP contribution in [0.2, 0.25) is 0 Å². The zero-order valence-electron chi connectivity index (χ0n) is 18.9. The van der Waals surface area contributed by atoms with Crippen molar-refractivity contribution in [3.05, 3.63) is 71.9 Å². The zero-order valence-corrected chi connectivity index (χ0v) is 19.8. The predicted octanol–water partition coefficient (Wildman–Crippen LogP) is 2.82. The number of anilines is 1. The number of aryl methyl sites for hydroxylation is 2. The van der Waals surface area contributed by atoms with Gasteiger partial charge in [0.2, 0.25) is 15.9 Å². The number of nitrogens with zero attached hydrogens (tertiary/aromatic N) is 4. The number of amides is 1. The number of para-hydroxylation sites is 1. The molecular formula is C24H29N5O3S. The van der Waals surface area contributed by atoms with Crippen LogP contribution >= 0.6 is 0 Å². The summed E-state index contributed by atoms with van der Waals surface area (Å²) in [6, 6.07) is 18.4. The Hall–Kier alpha value is -3.01. The van der Waals surface area contributed by atoms with Crippen LogP contribution in [0.3, 0.4) is 0 Å². The van der Waals surface area contributed by atoms with Gasteiger partial charge in [-0.25, -0.2) is 13.1 Å². The van der Waals surface area contributed by atoms with Crippen molar-refractivity contribution in [1.82, 2.24) is 19.0 Å². The molecule has 1 saturated heterocycles. The molecule has 1 amide bonds. The van der Waals surface area contributed by atoms with E-state index in [1.54, 1.807) is 16.8 Å². The number of benzene rings is 2. The van der Waals surface area contributed by atoms with Crippen LogP contribution in [-0.4, -0.2) is 66.0 Å². The van der Waals surface area contributed by atoms with Gasteiger partial charge in [-0.05, 0) is 51.1 Å². The molecule has 0 spiro atoms. The number of hydrogen-bond donors (Lipinski definition) is 1. The van der Waals surface area contributed by atoms with E-state index < -0.39 is 10.0 Å². The zero-order chi connectivity index (χ0) is 23.4. The number of aromatic nitrogens is 2. The predicted molar refractivity (Wildman–Crippen MR) is 128 cm³/mol. The lowest BCUT2D eigenvalue weighted by Crippen LogP contribution is -2.38. The molecule has 1 aromatic heterocycles. The molecule has 1 aliphatic heterocycles. The number of rotatable bonds is 6. The first kappa shape index (κ1) is 23.2. The van der Waals surface area contributed by atoms with E-state index in [2.05, 4.69) is 10.4 Å². The highest BCUT2D eigenvalue weighted by Gasteiger charge is 2.27. The molecule has 33 heavy (non-hydrogen) atoms. The van der Waals surface area contributed by atoms with Crippen LogP contribution in [0.15, 0.2) is 65.6 Å². The van der Waals surface area contributed by atoms with Gasteiger partial charge in [0.15, 0.2) is 0 Å². The largest absolute Gasteiger partial charge is 0.309 e. The Morgan fingerprint density at radius 3 is 2.42 bits per heavy atom. The van der Waals surface area contributed by atoms with Crippen LogP contribution in [0, 0.1) is 13.8 Å². The Kier molecular flexibility index (Phi) is 6.92. The van der Waals surface area contributed by atoms with Gasteiger partial charge in [0.25, 0.3) is 0 Å². The van der Waals surface area contributed by atoms with Gasteiger partial charge in [-0.1, -0.05) is 35.9 Å². The van der Waals surface area contributed by atoms with Crippen molar-refractivity contribution in [1.29, 1.82) is 0 Å². The van der Waals surface area contributed by atoms with E-state index in [4.69, 9.17) is 0 Å². The monoisotopic (exact) mass is 467 g/mol. The van der Waals surface area contributed by atoms with Gasteiger partial charge >= 0.3 is 0 Å². The lowest BCUT2D eigenvalue weighted by molar-refractivity contribution is -0.117. The number of carbonyl (C=O) groups is 1. The highest BCUT2D eigenvalue weighted by Crippen LogP contribution is 2.19. The van der Waals surface area contributed by atoms with Crippen molar-refractivity contribution in [2.45, 2.75) is 25.2 Å². The summed E-state index contributed by atoms with van der Waals surface area (Å²) in [4.78, 5) is 15.1. The van der Waals surface area contributed by atoms with E-state index in [1.807, 2.05) is 67.3 Å². The maximum Gasteiger partial charge on any atom is 0.243 e. The fourth-order valence-corrected chi connectivity index (χ4v) is 5.41. The van der Waals surface area contributed by atoms with Gasteiger partial charge in [-0.2, -0.15) is 9.40 Å². The number of nitrogens with one attached hydrogen (secondary N) is 1. The van der Waals surface area contributed by atoms with Gasteiger partial charge in [0.1, 0.15) is 5.82 Å². The van der Waals surface area contributed by atoms with Gasteiger partial charge < -0.3 is 5.32 Å². The molecule has 2 heterocycles. The van der Waals surface area contributed by atoms with Crippen LogP contribution < -0.4 is 5.32 Å². The standard InChI is InChI=1S/C24H29N5O3S/c1-19-9-11-22(12-10-19)33(31,32)28-14-6-13-27(15-16-28)18-24(30)25-23-17-20(2)26-29(23)21-7-4-3-5-8-21/h3-5,7-12,17H,6,13-16,18H2,1-2H3,(H,25,30). The molecule has 0 radical (unpaired) electrons. The number of carbonyl (C=O) groups excluding carboxylic acids is 1. The average Bonchev–Trinajstić information content (AvgIpc) is 2.99. The second-order valence-corrected chi connectivity index (χ2v) is 10.3. The SMILES string of the molecule is Cc1ccc(S(=O)(=O)N2CCCN(CC(=O)Nc3cc(C)nn3-c3ccccc3)CC2)cc1. The van der Waals surface area contributed by atoms with E-state index in [0.29, 0.717) is 43.3 Å². The summed E-state index contributed by atoms with van der Waals surface area (Å²) in [6.45, 7) is 5.95. The third-order valence-electron chi connectivity index (χ3n) is 5.67. The summed E-state index contributed by atoms with van der Waals surface area (Å²) >= 11 is 0. The first-order valence-electron chi connectivity index (χ1n) is 11.0. The minimum Gasteiger partial charge on any atom is -0.309 e. The van der Waals surface area contributed by atoms with E-state index in [1.165, 1.54) is 4.31 Å². The molecule has 3 aromatic rings. The Balaban J connectivity index is 1.38. The first-order valence-corrected chi connectivity index (χ1v) is 12.5. The van der Waals surface area contributed by atoms with Crippen molar-refractivity contribution in [3.63, 3.8) is 0 Å². The van der Waals surface area contributed by atoms with Gasteiger partial charge in [-0.3, -0.25) is 9.69 Å². The summed E-state index contributed by atoms with van der Waals surface area (Å²) < 4.78 is 29.3. The average molecular weight is 468 g/mol. The minimum atomic E-state index is -3.54. The Labute approximate surface area is 194 Å². The second-order valence-electron chi connectivity index (χ2n) is 8.31. The molecular weight excluding hydrogens is 438 g/mol. The topological polar surface area (TPSA) is 87.5 Å². The maximum atomic E-state index is 13.0. The number of hydrogen-bond acceptors (Lipinski definition) is 5. The normalized spacial score (nSPS) is 15.8. The fourth-order valence-electron chi connectivity index (χ4n) is 3.95. The molecule has 0 saturated carbocycles. The molecule has 8 nitrogen and oxygen atoms in total. The molecule has 2 aromatic carbocycles. The lowest BCUT2D eigenvalue weighted by Gasteiger charge is -2.21. The lowest BCUT2D eigenvalue weighted by atomic mass is 10.2. The van der Waals surface area contributed by atoms with Crippen molar-refractivity contribution < 1.29 is 13.2 Å². The van der Waals surface area contributed by atoms with E-state index in [9.17, 15) is 13.2 Å². The molecule has 1 N–H and O–H groups in total. The molecule has 0 atom stereocenters. The molecule has 4 rings (SSSR count). The third kappa shape index (κ3) is 5.50. The van der Waals surface area contributed by atoms with E-state index >= 15 is 0 Å². The Morgan fingerprint density at radius 1 is 0.970 bits per heavy atom. The van der Waals surface area contributed by atoms with Crippen LogP contribution in [0.1, 0.15) is 17.7 Å². The molecule has 0 unspecified atom stereocenters. The minimum absolute atomic E-state index is 0.151. The fraction of sp³-hybridized carbons (Fsp3) is 0.333. The second kappa shape index (κ2) is 9.86. The van der Waals surface area contributed by atoms with Crippen LogP contribution in [0.4, 0.5) is 5.82 Å². The number of sulfonamides is 1. The van der Waals surface area contributed by atoms with Crippen LogP contribution in [-0.2, 0) is 14.8 Å². The summed E-state index contributed by atoms with van der Waals surface area (Å²) in [5.74, 6) is 0.462. The molecule has 9 heteroatoms. The van der Waals surface area contributed by atoms with E-state index in [0.717, 1.165) is 16.9 Å². The highest BCUT2D eigenvalue weighted by atomic mass is 32.2. The quantitative estimate of drug-likeness (QED) is 0.602. The molecule has 0 bridgehead atoms. The van der Waals surface area contributed by atoms with Crippen LogP contribution in [0.25, 0.3) is 5.69 Å². The summed E-state index contributed by atoms with van der Waals surface area (Å²) in [6.07, 6.45) is 0.666. The van der Waals surface area contributed by atoms with Gasteiger partial charge in [-0.15, -0.1) is 0 Å². The molecule has 174 valence electrons. The smallest absolute Gasteiger partial charge is 0.243 e. The van der Waals surface area contributed by atoms with E-state index in [-0.39, 0.29) is 12.5 Å². The summed E-state index contributed by atoms with van der Waals surface area (Å²) in [5, 5.41) is 7.44. The highest BCUT2D eigenvalue weighted by molar-refractivity contribution is 7.89. The van der Waals surface area contributed by atoms with Crippen LogP contribution in [0.5, 0.6) is 0 Å². The van der Waals surface area contributed by atoms with Gasteiger partial charge in [0.05, 0.1) is 22.8 Å². The molecule has 0 aliphatic carbocycles.